The number of unbranched alkanes of at least 4 members (excludes halogenated alkanes) is 1. The monoisotopic (exact) mass is 199 g/mol. The highest BCUT2D eigenvalue weighted by Gasteiger charge is 2.13. The first-order chi connectivity index (χ1) is 6.77. The fourth-order valence-corrected chi connectivity index (χ4v) is 1.15. The van der Waals surface area contributed by atoms with E-state index >= 15 is 0 Å². The molecule has 2 N–H and O–H groups in total. The number of aromatic nitrogens is 2. The minimum atomic E-state index is -0.145. The summed E-state index contributed by atoms with van der Waals surface area (Å²) in [5.41, 5.74) is 5.85. The Morgan fingerprint density at radius 2 is 2.36 bits per heavy atom. The predicted octanol–water partition coefficient (Wildman–Crippen LogP) is 1.41. The first-order valence-corrected chi connectivity index (χ1v) is 4.85. The van der Waals surface area contributed by atoms with Crippen LogP contribution in [-0.4, -0.2) is 17.3 Å². The quantitative estimate of drug-likeness (QED) is 0.749. The van der Waals surface area contributed by atoms with E-state index in [0.717, 1.165) is 19.3 Å². The number of nitrogens with two attached hydrogens (primary N) is 1. The van der Waals surface area contributed by atoms with Gasteiger partial charge in [-0.3, -0.25) is 0 Å². The van der Waals surface area contributed by atoms with Gasteiger partial charge in [0.05, 0.1) is 6.04 Å². The van der Waals surface area contributed by atoms with Crippen molar-refractivity contribution in [3.8, 4) is 0 Å². The minimum absolute atomic E-state index is 0.145. The second kappa shape index (κ2) is 5.72. The third kappa shape index (κ3) is 3.08. The van der Waals surface area contributed by atoms with Crippen LogP contribution in [0.1, 0.15) is 43.9 Å². The molecule has 0 bridgehead atoms. The molecule has 1 heterocycles. The molecule has 1 atom stereocenters. The van der Waals surface area contributed by atoms with Gasteiger partial charge in [0.25, 0.3) is 0 Å². The van der Waals surface area contributed by atoms with Crippen LogP contribution in [0.15, 0.2) is 4.52 Å². The van der Waals surface area contributed by atoms with Crippen LogP contribution in [0.4, 0.5) is 0 Å². The molecule has 5 nitrogen and oxygen atoms in total. The van der Waals surface area contributed by atoms with E-state index < -0.39 is 0 Å². The topological polar surface area (TPSA) is 74.2 Å². The van der Waals surface area contributed by atoms with Crippen LogP contribution >= 0.6 is 0 Å². The van der Waals surface area contributed by atoms with Gasteiger partial charge in [-0.1, -0.05) is 24.9 Å². The number of methoxy groups -OCH3 is 1. The van der Waals surface area contributed by atoms with E-state index in [-0.39, 0.29) is 6.04 Å². The fourth-order valence-electron chi connectivity index (χ4n) is 1.15. The van der Waals surface area contributed by atoms with Crippen molar-refractivity contribution in [2.24, 2.45) is 5.73 Å². The number of nitrogens with zero attached hydrogens (tertiary/aromatic N) is 2. The summed E-state index contributed by atoms with van der Waals surface area (Å²) in [5, 5.41) is 3.74. The lowest BCUT2D eigenvalue weighted by atomic mass is 10.1. The van der Waals surface area contributed by atoms with Crippen LogP contribution in [0.3, 0.4) is 0 Å². The fraction of sp³-hybridized carbons (Fsp3) is 0.778. The normalized spacial score (nSPS) is 13.1. The average molecular weight is 199 g/mol. The second-order valence-electron chi connectivity index (χ2n) is 3.23. The molecule has 0 fully saturated rings. The minimum Gasteiger partial charge on any atom is -0.377 e. The zero-order valence-corrected chi connectivity index (χ0v) is 8.69. The van der Waals surface area contributed by atoms with Gasteiger partial charge in [0.15, 0.2) is 5.82 Å². The van der Waals surface area contributed by atoms with E-state index in [9.17, 15) is 0 Å². The Morgan fingerprint density at radius 3 is 3.00 bits per heavy atom. The SMILES string of the molecule is CCCC[C@H](N)c1nc(COC)no1. The maximum absolute atomic E-state index is 5.85. The molecule has 14 heavy (non-hydrogen) atoms. The van der Waals surface area contributed by atoms with Crippen molar-refractivity contribution in [1.82, 2.24) is 10.1 Å². The highest BCUT2D eigenvalue weighted by atomic mass is 16.5. The van der Waals surface area contributed by atoms with E-state index in [1.54, 1.807) is 7.11 Å². The van der Waals surface area contributed by atoms with Crippen LogP contribution in [0.5, 0.6) is 0 Å². The van der Waals surface area contributed by atoms with Crippen LogP contribution < -0.4 is 5.73 Å². The summed E-state index contributed by atoms with van der Waals surface area (Å²) in [6.45, 7) is 2.49. The second-order valence-corrected chi connectivity index (χ2v) is 3.23. The van der Waals surface area contributed by atoms with Gasteiger partial charge in [-0.25, -0.2) is 0 Å². The summed E-state index contributed by atoms with van der Waals surface area (Å²) in [6, 6.07) is -0.145. The molecule has 5 heteroatoms. The van der Waals surface area contributed by atoms with Gasteiger partial charge in [0.2, 0.25) is 5.89 Å². The highest BCUT2D eigenvalue weighted by molar-refractivity contribution is 4.90. The van der Waals surface area contributed by atoms with Gasteiger partial charge >= 0.3 is 0 Å². The van der Waals surface area contributed by atoms with Crippen molar-refractivity contribution in [2.75, 3.05) is 7.11 Å². The van der Waals surface area contributed by atoms with Gasteiger partial charge in [-0.2, -0.15) is 4.98 Å². The molecule has 0 amide bonds. The van der Waals surface area contributed by atoms with Crippen molar-refractivity contribution in [2.45, 2.75) is 38.8 Å². The average Bonchev–Trinajstić information content (AvgIpc) is 2.63. The highest BCUT2D eigenvalue weighted by Crippen LogP contribution is 2.14. The van der Waals surface area contributed by atoms with Gasteiger partial charge in [0.1, 0.15) is 6.61 Å². The third-order valence-electron chi connectivity index (χ3n) is 1.94. The molecule has 1 aromatic rings. The summed E-state index contributed by atoms with van der Waals surface area (Å²) in [6.07, 6.45) is 3.07. The molecule has 0 radical (unpaired) electrons. The molecule has 1 rings (SSSR count). The molecular weight excluding hydrogens is 182 g/mol. The van der Waals surface area contributed by atoms with Crippen molar-refractivity contribution in [3.05, 3.63) is 11.7 Å². The lowest BCUT2D eigenvalue weighted by molar-refractivity contribution is 0.174. The van der Waals surface area contributed by atoms with Crippen LogP contribution in [0, 0.1) is 0 Å². The van der Waals surface area contributed by atoms with E-state index in [1.165, 1.54) is 0 Å². The zero-order chi connectivity index (χ0) is 10.4. The van der Waals surface area contributed by atoms with Gasteiger partial charge < -0.3 is 15.0 Å². The van der Waals surface area contributed by atoms with Crippen LogP contribution in [0.2, 0.25) is 0 Å². The van der Waals surface area contributed by atoms with Crippen molar-refractivity contribution >= 4 is 0 Å². The summed E-state index contributed by atoms with van der Waals surface area (Å²) < 4.78 is 9.89. The van der Waals surface area contributed by atoms with E-state index in [2.05, 4.69) is 17.1 Å². The Bertz CT molecular complexity index is 262. The maximum Gasteiger partial charge on any atom is 0.243 e. The Kier molecular flexibility index (Phi) is 4.55. The largest absolute Gasteiger partial charge is 0.377 e. The first-order valence-electron chi connectivity index (χ1n) is 4.85. The standard InChI is InChI=1S/C9H17N3O2/c1-3-4-5-7(10)9-11-8(6-13-2)12-14-9/h7H,3-6,10H2,1-2H3/t7-/m0/s1. The molecule has 0 saturated heterocycles. The third-order valence-corrected chi connectivity index (χ3v) is 1.94. The van der Waals surface area contributed by atoms with Gasteiger partial charge in [0, 0.05) is 7.11 Å². The Morgan fingerprint density at radius 1 is 1.57 bits per heavy atom. The molecule has 0 aromatic carbocycles. The summed E-state index contributed by atoms with van der Waals surface area (Å²) in [4.78, 5) is 4.13. The number of ether oxygens (including phenoxy) is 1. The Balaban J connectivity index is 2.48. The molecule has 0 aliphatic rings. The lowest BCUT2D eigenvalue weighted by Crippen LogP contribution is -2.10. The molecule has 0 aliphatic carbocycles. The van der Waals surface area contributed by atoms with Crippen LogP contribution in [-0.2, 0) is 11.3 Å². The zero-order valence-electron chi connectivity index (χ0n) is 8.69. The molecule has 0 unspecified atom stereocenters. The Hall–Kier alpha value is -0.940. The van der Waals surface area contributed by atoms with Gasteiger partial charge in [-0.15, -0.1) is 0 Å². The maximum atomic E-state index is 5.85. The molecule has 80 valence electrons. The smallest absolute Gasteiger partial charge is 0.243 e. The lowest BCUT2D eigenvalue weighted by Gasteiger charge is -2.03. The summed E-state index contributed by atoms with van der Waals surface area (Å²) >= 11 is 0. The van der Waals surface area contributed by atoms with Crippen LogP contribution in [0.25, 0.3) is 0 Å². The van der Waals surface area contributed by atoms with Crippen molar-refractivity contribution in [3.63, 3.8) is 0 Å². The number of hydrogen-bond donors (Lipinski definition) is 1. The van der Waals surface area contributed by atoms with E-state index in [1.807, 2.05) is 0 Å². The van der Waals surface area contributed by atoms with Gasteiger partial charge in [-0.05, 0) is 6.42 Å². The molecule has 0 spiro atoms. The summed E-state index contributed by atoms with van der Waals surface area (Å²) in [7, 11) is 1.59. The predicted molar refractivity (Wildman–Crippen MR) is 51.5 cm³/mol. The van der Waals surface area contributed by atoms with Crippen molar-refractivity contribution in [1.29, 1.82) is 0 Å². The number of hydrogen-bond acceptors (Lipinski definition) is 5. The van der Waals surface area contributed by atoms with E-state index in [4.69, 9.17) is 15.0 Å². The first kappa shape index (κ1) is 11.1. The van der Waals surface area contributed by atoms with E-state index in [0.29, 0.717) is 18.3 Å². The molecular formula is C9H17N3O2. The molecule has 0 saturated carbocycles. The number of rotatable bonds is 6. The Labute approximate surface area is 83.6 Å². The molecule has 1 aromatic heterocycles. The molecule has 0 aliphatic heterocycles. The van der Waals surface area contributed by atoms with Crippen molar-refractivity contribution < 1.29 is 9.26 Å². The summed E-state index contributed by atoms with van der Waals surface area (Å²) in [5.74, 6) is 1.06.